The van der Waals surface area contributed by atoms with Crippen LogP contribution in [0.4, 0.5) is 0 Å². The second-order valence-corrected chi connectivity index (χ2v) is 12.8. The molecule has 0 amide bonds. The van der Waals surface area contributed by atoms with Crippen LogP contribution in [0.3, 0.4) is 0 Å². The summed E-state index contributed by atoms with van der Waals surface area (Å²) in [6.07, 6.45) is 0. The van der Waals surface area contributed by atoms with Gasteiger partial charge in [0.2, 0.25) is 0 Å². The van der Waals surface area contributed by atoms with Gasteiger partial charge >= 0.3 is 0 Å². The van der Waals surface area contributed by atoms with E-state index < -0.39 is 0 Å². The Kier molecular flexibility index (Phi) is 6.25. The topological polar surface area (TPSA) is 13.1 Å². The third-order valence-electron chi connectivity index (χ3n) is 10.1. The zero-order chi connectivity index (χ0) is 32.3. The molecular weight excluding hydrogens is 593 g/mol. The summed E-state index contributed by atoms with van der Waals surface area (Å²) in [6, 6.07) is 65.9. The molecule has 0 unspecified atom stereocenters. The molecule has 1 heterocycles. The summed E-state index contributed by atoms with van der Waals surface area (Å²) in [5.41, 5.74) is 11.6. The Morgan fingerprint density at radius 1 is 0.286 bits per heavy atom. The van der Waals surface area contributed by atoms with Crippen LogP contribution < -0.4 is 0 Å². The fourth-order valence-electron chi connectivity index (χ4n) is 7.86. The molecule has 0 saturated heterocycles. The molecule has 0 aliphatic carbocycles. The van der Waals surface area contributed by atoms with Crippen LogP contribution >= 0.6 is 0 Å². The van der Waals surface area contributed by atoms with E-state index in [9.17, 15) is 0 Å². The fraction of sp³-hybridized carbons (Fsp3) is 0. The van der Waals surface area contributed by atoms with Gasteiger partial charge in [-0.2, -0.15) is 0 Å². The first-order chi connectivity index (χ1) is 24.3. The SMILES string of the molecule is c1ccc(-c2ccc(-c3c4ccccc4c(-c4cccc5ccccc45)c4cccc(-c5ccc6oc7ccccc7c6c5)c34)cc2)cc1. The Labute approximate surface area is 284 Å². The van der Waals surface area contributed by atoms with Crippen LogP contribution in [-0.2, 0) is 0 Å². The average Bonchev–Trinajstić information content (AvgIpc) is 3.55. The van der Waals surface area contributed by atoms with Crippen LogP contribution in [0.1, 0.15) is 0 Å². The summed E-state index contributed by atoms with van der Waals surface area (Å²) in [5, 5.41) is 9.76. The van der Waals surface area contributed by atoms with Crippen molar-refractivity contribution in [2.24, 2.45) is 0 Å². The minimum absolute atomic E-state index is 0.906. The lowest BCUT2D eigenvalue weighted by Gasteiger charge is -2.21. The van der Waals surface area contributed by atoms with Gasteiger partial charge in [0.15, 0.2) is 0 Å². The molecule has 0 atom stereocenters. The van der Waals surface area contributed by atoms with Gasteiger partial charge in [-0.1, -0.05) is 164 Å². The van der Waals surface area contributed by atoms with Gasteiger partial charge in [0, 0.05) is 10.8 Å². The van der Waals surface area contributed by atoms with Crippen LogP contribution in [0.25, 0.3) is 98.8 Å². The van der Waals surface area contributed by atoms with Crippen molar-refractivity contribution < 1.29 is 4.42 Å². The van der Waals surface area contributed by atoms with Gasteiger partial charge in [-0.05, 0) is 95.0 Å². The molecule has 49 heavy (non-hydrogen) atoms. The van der Waals surface area contributed by atoms with Crippen LogP contribution in [-0.4, -0.2) is 0 Å². The number of hydrogen-bond acceptors (Lipinski definition) is 1. The highest BCUT2D eigenvalue weighted by Gasteiger charge is 2.21. The van der Waals surface area contributed by atoms with E-state index in [1.165, 1.54) is 76.8 Å². The molecule has 0 fully saturated rings. The predicted octanol–water partition coefficient (Wildman–Crippen LogP) is 13.7. The number of fused-ring (bicyclic) bond motifs is 6. The van der Waals surface area contributed by atoms with Gasteiger partial charge < -0.3 is 4.42 Å². The maximum absolute atomic E-state index is 6.25. The minimum atomic E-state index is 0.906. The normalized spacial score (nSPS) is 11.7. The van der Waals surface area contributed by atoms with Crippen LogP contribution in [0, 0.1) is 0 Å². The smallest absolute Gasteiger partial charge is 0.135 e. The highest BCUT2D eigenvalue weighted by molar-refractivity contribution is 6.26. The van der Waals surface area contributed by atoms with E-state index in [-0.39, 0.29) is 0 Å². The third kappa shape index (κ3) is 4.40. The van der Waals surface area contributed by atoms with Gasteiger partial charge in [0.1, 0.15) is 11.2 Å². The highest BCUT2D eigenvalue weighted by atomic mass is 16.3. The molecule has 1 aromatic heterocycles. The standard InChI is InChI=1S/C48H30O/c1-2-12-31(13-3-1)32-24-26-34(27-25-32)46-40-18-6-7-19-41(40)47(39-21-10-15-33-14-4-5-16-36(33)39)42-22-11-20-37(48(42)46)35-28-29-45-43(30-35)38-17-8-9-23-44(38)49-45/h1-30H. The molecule has 10 rings (SSSR count). The zero-order valence-corrected chi connectivity index (χ0v) is 26.7. The summed E-state index contributed by atoms with van der Waals surface area (Å²) in [5.74, 6) is 0. The molecular formula is C48H30O. The van der Waals surface area contributed by atoms with E-state index in [4.69, 9.17) is 4.42 Å². The quantitative estimate of drug-likeness (QED) is 0.178. The van der Waals surface area contributed by atoms with E-state index >= 15 is 0 Å². The molecule has 0 aliphatic heterocycles. The minimum Gasteiger partial charge on any atom is -0.456 e. The first kappa shape index (κ1) is 27.7. The van der Waals surface area contributed by atoms with Crippen molar-refractivity contribution in [3.8, 4) is 44.5 Å². The van der Waals surface area contributed by atoms with E-state index in [1.807, 2.05) is 12.1 Å². The first-order valence-electron chi connectivity index (χ1n) is 16.8. The largest absolute Gasteiger partial charge is 0.456 e. The van der Waals surface area contributed by atoms with E-state index in [0.29, 0.717) is 0 Å². The van der Waals surface area contributed by atoms with Crippen molar-refractivity contribution in [3.63, 3.8) is 0 Å². The highest BCUT2D eigenvalue weighted by Crippen LogP contribution is 2.48. The molecule has 0 radical (unpaired) electrons. The van der Waals surface area contributed by atoms with Crippen molar-refractivity contribution in [2.45, 2.75) is 0 Å². The molecule has 0 aliphatic rings. The van der Waals surface area contributed by atoms with E-state index in [0.717, 1.165) is 21.9 Å². The number of para-hydroxylation sites is 1. The Balaban J connectivity index is 1.33. The Morgan fingerprint density at radius 2 is 0.837 bits per heavy atom. The lowest BCUT2D eigenvalue weighted by atomic mass is 9.82. The monoisotopic (exact) mass is 622 g/mol. The Morgan fingerprint density at radius 3 is 1.67 bits per heavy atom. The van der Waals surface area contributed by atoms with Gasteiger partial charge in [-0.15, -0.1) is 0 Å². The van der Waals surface area contributed by atoms with Crippen LogP contribution in [0.5, 0.6) is 0 Å². The van der Waals surface area contributed by atoms with Crippen molar-refractivity contribution in [3.05, 3.63) is 182 Å². The van der Waals surface area contributed by atoms with Gasteiger partial charge in [-0.3, -0.25) is 0 Å². The maximum Gasteiger partial charge on any atom is 0.135 e. The molecule has 1 heteroatoms. The Bertz CT molecular complexity index is 2850. The van der Waals surface area contributed by atoms with Crippen molar-refractivity contribution >= 4 is 54.3 Å². The zero-order valence-electron chi connectivity index (χ0n) is 26.7. The molecule has 10 aromatic rings. The summed E-state index contributed by atoms with van der Waals surface area (Å²) in [6.45, 7) is 0. The second-order valence-electron chi connectivity index (χ2n) is 12.8. The first-order valence-corrected chi connectivity index (χ1v) is 16.8. The molecule has 0 bridgehead atoms. The summed E-state index contributed by atoms with van der Waals surface area (Å²) >= 11 is 0. The maximum atomic E-state index is 6.25. The molecule has 228 valence electrons. The van der Waals surface area contributed by atoms with Crippen LogP contribution in [0.2, 0.25) is 0 Å². The van der Waals surface area contributed by atoms with Crippen molar-refractivity contribution in [1.82, 2.24) is 0 Å². The van der Waals surface area contributed by atoms with E-state index in [2.05, 4.69) is 170 Å². The predicted molar refractivity (Wildman–Crippen MR) is 208 cm³/mol. The second kappa shape index (κ2) is 11.1. The number of furan rings is 1. The molecule has 0 N–H and O–H groups in total. The number of hydrogen-bond donors (Lipinski definition) is 0. The third-order valence-corrected chi connectivity index (χ3v) is 10.1. The average molecular weight is 623 g/mol. The molecule has 9 aromatic carbocycles. The van der Waals surface area contributed by atoms with Crippen LogP contribution in [0.15, 0.2) is 186 Å². The van der Waals surface area contributed by atoms with Crippen molar-refractivity contribution in [1.29, 1.82) is 0 Å². The summed E-state index contributed by atoms with van der Waals surface area (Å²) in [4.78, 5) is 0. The lowest BCUT2D eigenvalue weighted by Crippen LogP contribution is -1.94. The van der Waals surface area contributed by atoms with Crippen molar-refractivity contribution in [2.75, 3.05) is 0 Å². The molecule has 0 spiro atoms. The van der Waals surface area contributed by atoms with Gasteiger partial charge in [0.05, 0.1) is 0 Å². The lowest BCUT2D eigenvalue weighted by molar-refractivity contribution is 0.669. The fourth-order valence-corrected chi connectivity index (χ4v) is 7.86. The van der Waals surface area contributed by atoms with E-state index in [1.54, 1.807) is 0 Å². The number of rotatable bonds is 4. The molecule has 1 nitrogen and oxygen atoms in total. The number of benzene rings is 9. The van der Waals surface area contributed by atoms with Gasteiger partial charge in [0.25, 0.3) is 0 Å². The summed E-state index contributed by atoms with van der Waals surface area (Å²) in [7, 11) is 0. The summed E-state index contributed by atoms with van der Waals surface area (Å²) < 4.78 is 6.25. The van der Waals surface area contributed by atoms with Gasteiger partial charge in [-0.25, -0.2) is 0 Å². The Hall–Kier alpha value is -6.44. The molecule has 0 saturated carbocycles.